The molecular formula is C30H34ClN5O2. The van der Waals surface area contributed by atoms with Crippen molar-refractivity contribution in [3.63, 3.8) is 0 Å². The summed E-state index contributed by atoms with van der Waals surface area (Å²) in [5.74, 6) is 0.653. The highest BCUT2D eigenvalue weighted by atomic mass is 35.5. The molecule has 1 unspecified atom stereocenters. The number of carbonyl (C=O) groups excluding carboxylic acids is 2. The second kappa shape index (κ2) is 11.5. The van der Waals surface area contributed by atoms with Gasteiger partial charge in [-0.15, -0.1) is 0 Å². The predicted octanol–water partition coefficient (Wildman–Crippen LogP) is 4.87. The lowest BCUT2D eigenvalue weighted by atomic mass is 10.0. The highest BCUT2D eigenvalue weighted by molar-refractivity contribution is 6.30. The number of aryl methyl sites for hydroxylation is 3. The fraction of sp³-hybridized carbons (Fsp3) is 0.400. The number of hydrogen-bond acceptors (Lipinski definition) is 5. The molecule has 1 aromatic heterocycles. The molecule has 0 aliphatic carbocycles. The molecule has 2 amide bonds. The summed E-state index contributed by atoms with van der Waals surface area (Å²) in [6, 6.07) is 16.5. The van der Waals surface area contributed by atoms with Crippen LogP contribution < -0.4 is 4.90 Å². The average Bonchev–Trinajstić information content (AvgIpc) is 3.43. The molecule has 2 aromatic carbocycles. The van der Waals surface area contributed by atoms with Gasteiger partial charge in [0, 0.05) is 50.9 Å². The van der Waals surface area contributed by atoms with Gasteiger partial charge in [-0.2, -0.15) is 0 Å². The van der Waals surface area contributed by atoms with E-state index >= 15 is 0 Å². The van der Waals surface area contributed by atoms with Crippen molar-refractivity contribution in [2.45, 2.75) is 45.6 Å². The van der Waals surface area contributed by atoms with Crippen LogP contribution in [0, 0.1) is 6.92 Å². The molecule has 0 spiro atoms. The Bertz CT molecular complexity index is 1300. The average molecular weight is 532 g/mol. The van der Waals surface area contributed by atoms with Crippen LogP contribution in [0.4, 0.5) is 5.95 Å². The quantitative estimate of drug-likeness (QED) is 0.454. The molecule has 3 heterocycles. The van der Waals surface area contributed by atoms with Gasteiger partial charge in [0.2, 0.25) is 11.9 Å². The summed E-state index contributed by atoms with van der Waals surface area (Å²) >= 11 is 6.13. The first-order valence-electron chi connectivity index (χ1n) is 13.4. The zero-order valence-electron chi connectivity index (χ0n) is 22.1. The lowest BCUT2D eigenvalue weighted by Gasteiger charge is -2.34. The highest BCUT2D eigenvalue weighted by Gasteiger charge is 2.30. The van der Waals surface area contributed by atoms with Crippen molar-refractivity contribution in [1.82, 2.24) is 19.8 Å². The Kier molecular flexibility index (Phi) is 7.93. The first kappa shape index (κ1) is 26.2. The molecule has 38 heavy (non-hydrogen) atoms. The Morgan fingerprint density at radius 2 is 1.66 bits per heavy atom. The number of nitrogens with zero attached hydrogens (tertiary/aromatic N) is 5. The van der Waals surface area contributed by atoms with E-state index in [9.17, 15) is 9.59 Å². The molecule has 2 aliphatic rings. The van der Waals surface area contributed by atoms with Gasteiger partial charge in [0.05, 0.1) is 17.3 Å². The van der Waals surface area contributed by atoms with Crippen molar-refractivity contribution in [2.75, 3.05) is 37.6 Å². The molecule has 198 valence electrons. The molecule has 3 aromatic rings. The van der Waals surface area contributed by atoms with Crippen molar-refractivity contribution in [3.8, 4) is 0 Å². The molecule has 0 radical (unpaired) electrons. The third-order valence-corrected chi connectivity index (χ3v) is 8.01. The smallest absolute Gasteiger partial charge is 0.257 e. The molecule has 0 N–H and O–H groups in total. The SMILES string of the molecule is CC(=O)N1CCN(C(=O)c2cnc(N3CCCC3c3ccc(Cl)cc3)nc2CCc2ccccc2C)CC1. The summed E-state index contributed by atoms with van der Waals surface area (Å²) in [6.07, 6.45) is 5.23. The maximum Gasteiger partial charge on any atom is 0.257 e. The molecular weight excluding hydrogens is 498 g/mol. The molecule has 2 saturated heterocycles. The highest BCUT2D eigenvalue weighted by Crippen LogP contribution is 2.35. The lowest BCUT2D eigenvalue weighted by Crippen LogP contribution is -2.50. The Balaban J connectivity index is 1.43. The fourth-order valence-corrected chi connectivity index (χ4v) is 5.62. The number of amides is 2. The molecule has 0 saturated carbocycles. The third-order valence-electron chi connectivity index (χ3n) is 7.75. The standard InChI is InChI=1S/C30H34ClN5O2/c1-21-6-3-4-7-23(21)11-14-27-26(29(38)35-18-16-34(17-19-35)22(2)37)20-32-30(33-27)36-15-5-8-28(36)24-9-12-25(31)13-10-24/h3-4,6-7,9-10,12-13,20,28H,5,8,11,14-19H2,1-2H3. The van der Waals surface area contributed by atoms with Crippen LogP contribution >= 0.6 is 11.6 Å². The van der Waals surface area contributed by atoms with Crippen molar-refractivity contribution >= 4 is 29.4 Å². The van der Waals surface area contributed by atoms with E-state index in [0.29, 0.717) is 44.1 Å². The maximum absolute atomic E-state index is 13.6. The summed E-state index contributed by atoms with van der Waals surface area (Å²) in [4.78, 5) is 41.0. The number of aromatic nitrogens is 2. The second-order valence-corrected chi connectivity index (χ2v) is 10.6. The van der Waals surface area contributed by atoms with Gasteiger partial charge in [-0.3, -0.25) is 9.59 Å². The van der Waals surface area contributed by atoms with Crippen LogP contribution in [0.15, 0.2) is 54.7 Å². The molecule has 8 heteroatoms. The van der Waals surface area contributed by atoms with E-state index < -0.39 is 0 Å². The number of halogens is 1. The minimum absolute atomic E-state index is 0.0459. The Hall–Kier alpha value is -3.45. The molecule has 7 nitrogen and oxygen atoms in total. The van der Waals surface area contributed by atoms with E-state index in [-0.39, 0.29) is 17.9 Å². The minimum atomic E-state index is -0.0600. The van der Waals surface area contributed by atoms with Crippen molar-refractivity contribution in [2.24, 2.45) is 0 Å². The van der Waals surface area contributed by atoms with E-state index in [2.05, 4.69) is 42.2 Å². The van der Waals surface area contributed by atoms with Gasteiger partial charge in [-0.05, 0) is 61.4 Å². The summed E-state index contributed by atoms with van der Waals surface area (Å²) < 4.78 is 0. The van der Waals surface area contributed by atoms with Gasteiger partial charge in [-0.1, -0.05) is 48.0 Å². The number of anilines is 1. The van der Waals surface area contributed by atoms with Gasteiger partial charge >= 0.3 is 0 Å². The van der Waals surface area contributed by atoms with Crippen LogP contribution in [0.3, 0.4) is 0 Å². The van der Waals surface area contributed by atoms with Crippen molar-refractivity contribution < 1.29 is 9.59 Å². The Morgan fingerprint density at radius 1 is 0.947 bits per heavy atom. The molecule has 2 aliphatic heterocycles. The largest absolute Gasteiger partial charge is 0.339 e. The van der Waals surface area contributed by atoms with Gasteiger partial charge in [0.1, 0.15) is 0 Å². The summed E-state index contributed by atoms with van der Waals surface area (Å²) in [6.45, 7) is 6.69. The van der Waals surface area contributed by atoms with Crippen LogP contribution in [0.25, 0.3) is 0 Å². The number of piperazine rings is 1. The van der Waals surface area contributed by atoms with Gasteiger partial charge in [0.15, 0.2) is 0 Å². The second-order valence-electron chi connectivity index (χ2n) is 10.2. The number of carbonyl (C=O) groups is 2. The van der Waals surface area contributed by atoms with E-state index in [1.165, 1.54) is 16.7 Å². The fourth-order valence-electron chi connectivity index (χ4n) is 5.49. The van der Waals surface area contributed by atoms with Crippen molar-refractivity contribution in [3.05, 3.63) is 87.7 Å². The van der Waals surface area contributed by atoms with E-state index in [0.717, 1.165) is 36.5 Å². The molecule has 1 atom stereocenters. The summed E-state index contributed by atoms with van der Waals surface area (Å²) in [5, 5.41) is 0.722. The summed E-state index contributed by atoms with van der Waals surface area (Å²) in [5.41, 5.74) is 5.01. The van der Waals surface area contributed by atoms with Crippen LogP contribution in [0.1, 0.15) is 58.5 Å². The topological polar surface area (TPSA) is 69.6 Å². The predicted molar refractivity (Wildman–Crippen MR) is 150 cm³/mol. The molecule has 5 rings (SSSR count). The van der Waals surface area contributed by atoms with Crippen LogP contribution in [-0.4, -0.2) is 64.3 Å². The number of benzene rings is 2. The van der Waals surface area contributed by atoms with Gasteiger partial charge < -0.3 is 14.7 Å². The van der Waals surface area contributed by atoms with Crippen LogP contribution in [0.5, 0.6) is 0 Å². The van der Waals surface area contributed by atoms with Crippen LogP contribution in [-0.2, 0) is 17.6 Å². The zero-order chi connectivity index (χ0) is 26.6. The normalized spacial score (nSPS) is 17.7. The number of hydrogen-bond donors (Lipinski definition) is 0. The summed E-state index contributed by atoms with van der Waals surface area (Å²) in [7, 11) is 0. The first-order valence-corrected chi connectivity index (χ1v) is 13.8. The lowest BCUT2D eigenvalue weighted by molar-refractivity contribution is -0.130. The van der Waals surface area contributed by atoms with Crippen molar-refractivity contribution in [1.29, 1.82) is 0 Å². The monoisotopic (exact) mass is 531 g/mol. The van der Waals surface area contributed by atoms with Crippen LogP contribution in [0.2, 0.25) is 5.02 Å². The number of rotatable bonds is 6. The first-order chi connectivity index (χ1) is 18.4. The Labute approximate surface area is 229 Å². The molecule has 0 bridgehead atoms. The van der Waals surface area contributed by atoms with E-state index in [1.54, 1.807) is 18.0 Å². The molecule has 2 fully saturated rings. The van der Waals surface area contributed by atoms with E-state index in [1.807, 2.05) is 23.1 Å². The van der Waals surface area contributed by atoms with Gasteiger partial charge in [-0.25, -0.2) is 9.97 Å². The van der Waals surface area contributed by atoms with Gasteiger partial charge in [0.25, 0.3) is 5.91 Å². The third kappa shape index (κ3) is 5.68. The van der Waals surface area contributed by atoms with E-state index in [4.69, 9.17) is 21.6 Å². The Morgan fingerprint density at radius 3 is 2.37 bits per heavy atom. The zero-order valence-corrected chi connectivity index (χ0v) is 22.8. The maximum atomic E-state index is 13.6. The minimum Gasteiger partial charge on any atom is -0.339 e.